The summed E-state index contributed by atoms with van der Waals surface area (Å²) in [5.41, 5.74) is 1.33. The summed E-state index contributed by atoms with van der Waals surface area (Å²) >= 11 is 2.94. The number of benzene rings is 2. The molecule has 18 heteroatoms. The monoisotopic (exact) mass is 856 g/mol. The van der Waals surface area contributed by atoms with Crippen LogP contribution in [0.3, 0.4) is 0 Å². The number of rotatable bonds is 12. The summed E-state index contributed by atoms with van der Waals surface area (Å²) in [5, 5.41) is 10.1. The molecule has 2 aromatic heterocycles. The van der Waals surface area contributed by atoms with Gasteiger partial charge in [0.1, 0.15) is 5.60 Å². The van der Waals surface area contributed by atoms with Crippen LogP contribution in [0.1, 0.15) is 55.5 Å². The second kappa shape index (κ2) is 21.0. The number of halogens is 2. The van der Waals surface area contributed by atoms with E-state index in [1.807, 2.05) is 27.0 Å². The van der Waals surface area contributed by atoms with Gasteiger partial charge in [-0.25, -0.2) is 23.5 Å². The maximum Gasteiger partial charge on any atom is 0.410 e. The number of hydrogen-bond donors (Lipinski definition) is 3. The average Bonchev–Trinajstić information content (AvgIpc) is 3.80. The van der Waals surface area contributed by atoms with Crippen molar-refractivity contribution in [2.75, 3.05) is 64.1 Å². The Balaban J connectivity index is 0.000000230. The second-order valence-corrected chi connectivity index (χ2v) is 17.7. The van der Waals surface area contributed by atoms with Crippen LogP contribution in [-0.4, -0.2) is 114 Å². The smallest absolute Gasteiger partial charge is 0.410 e. The lowest BCUT2D eigenvalue weighted by atomic mass is 10.0. The molecule has 3 N–H and O–H groups in total. The van der Waals surface area contributed by atoms with Crippen molar-refractivity contribution >= 4 is 50.8 Å². The largest absolute Gasteiger partial charge is 0.494 e. The van der Waals surface area contributed by atoms with Crippen molar-refractivity contribution in [3.63, 3.8) is 0 Å². The molecule has 0 radical (unpaired) electrons. The Morgan fingerprint density at radius 1 is 0.797 bits per heavy atom. The summed E-state index contributed by atoms with van der Waals surface area (Å²) in [6, 6.07) is 9.92. The molecule has 0 aliphatic carbocycles. The third kappa shape index (κ3) is 14.2. The highest BCUT2D eigenvalue weighted by Crippen LogP contribution is 2.26. The number of hydrogen-bond acceptors (Lipinski definition) is 13. The first-order valence-electron chi connectivity index (χ1n) is 19.3. The van der Waals surface area contributed by atoms with Gasteiger partial charge in [0.2, 0.25) is 11.8 Å². The number of carbonyl (C=O) groups excluding carboxylic acids is 3. The molecule has 0 spiro atoms. The predicted octanol–water partition coefficient (Wildman–Crippen LogP) is 6.18. The van der Waals surface area contributed by atoms with Crippen molar-refractivity contribution in [2.45, 2.75) is 78.2 Å². The Labute approximate surface area is 352 Å². The zero-order chi connectivity index (χ0) is 42.7. The molecule has 0 bridgehead atoms. The van der Waals surface area contributed by atoms with E-state index in [0.717, 1.165) is 53.5 Å². The van der Waals surface area contributed by atoms with E-state index in [1.165, 1.54) is 62.9 Å². The number of piperazine rings is 2. The molecule has 2 saturated heterocycles. The minimum Gasteiger partial charge on any atom is -0.494 e. The van der Waals surface area contributed by atoms with Crippen LogP contribution in [0.25, 0.3) is 0 Å². The zero-order valence-electron chi connectivity index (χ0n) is 34.6. The Hall–Kier alpha value is -4.75. The molecule has 3 amide bonds. The molecular formula is C41H54F2N8O6S2. The molecule has 2 aliphatic heterocycles. The van der Waals surface area contributed by atoms with Crippen molar-refractivity contribution < 1.29 is 37.4 Å². The molecule has 59 heavy (non-hydrogen) atoms. The van der Waals surface area contributed by atoms with E-state index in [2.05, 4.69) is 35.7 Å². The summed E-state index contributed by atoms with van der Waals surface area (Å²) in [6.45, 7) is 14.5. The van der Waals surface area contributed by atoms with Crippen LogP contribution >= 0.6 is 22.7 Å². The van der Waals surface area contributed by atoms with Gasteiger partial charge in [-0.1, -0.05) is 12.1 Å². The molecule has 6 rings (SSSR count). The van der Waals surface area contributed by atoms with Gasteiger partial charge in [-0.05, 0) is 69.0 Å². The van der Waals surface area contributed by atoms with Crippen molar-refractivity contribution in [1.82, 2.24) is 30.0 Å². The molecule has 14 nitrogen and oxygen atoms in total. The number of methoxy groups -OCH3 is 2. The van der Waals surface area contributed by atoms with Gasteiger partial charge >= 0.3 is 6.09 Å². The summed E-state index contributed by atoms with van der Waals surface area (Å²) in [6.07, 6.45) is 4.57. The molecular weight excluding hydrogens is 803 g/mol. The quantitative estimate of drug-likeness (QED) is 0.150. The lowest BCUT2D eigenvalue weighted by Gasteiger charge is -2.41. The fourth-order valence-corrected chi connectivity index (χ4v) is 8.61. The van der Waals surface area contributed by atoms with Crippen molar-refractivity contribution in [3.8, 4) is 11.5 Å². The van der Waals surface area contributed by atoms with Gasteiger partial charge in [0.05, 0.1) is 20.3 Å². The third-order valence-corrected chi connectivity index (χ3v) is 11.1. The first-order valence-corrected chi connectivity index (χ1v) is 21.0. The van der Waals surface area contributed by atoms with Gasteiger partial charge in [0.15, 0.2) is 33.4 Å². The van der Waals surface area contributed by atoms with Crippen LogP contribution in [0.15, 0.2) is 48.8 Å². The lowest BCUT2D eigenvalue weighted by molar-refractivity contribution is -0.115. The van der Waals surface area contributed by atoms with Crippen molar-refractivity contribution in [2.24, 2.45) is 0 Å². The summed E-state index contributed by atoms with van der Waals surface area (Å²) in [5.74, 6) is -0.561. The summed E-state index contributed by atoms with van der Waals surface area (Å²) in [7, 11) is 2.91. The maximum absolute atomic E-state index is 13.9. The van der Waals surface area contributed by atoms with E-state index >= 15 is 0 Å². The Morgan fingerprint density at radius 2 is 1.32 bits per heavy atom. The number of ether oxygens (including phenoxy) is 3. The zero-order valence-corrected chi connectivity index (χ0v) is 36.2. The van der Waals surface area contributed by atoms with Gasteiger partial charge in [-0.15, -0.1) is 22.7 Å². The van der Waals surface area contributed by atoms with Gasteiger partial charge in [-0.3, -0.25) is 19.4 Å². The molecule has 0 saturated carbocycles. The Morgan fingerprint density at radius 3 is 1.83 bits per heavy atom. The maximum atomic E-state index is 13.9. The minimum atomic E-state index is -0.597. The summed E-state index contributed by atoms with van der Waals surface area (Å²) < 4.78 is 43.3. The van der Waals surface area contributed by atoms with Gasteiger partial charge in [-0.2, -0.15) is 0 Å². The van der Waals surface area contributed by atoms with Crippen LogP contribution in [-0.2, 0) is 40.3 Å². The Kier molecular flexibility index (Phi) is 16.1. The number of nitrogens with one attached hydrogen (secondary N) is 3. The fourth-order valence-electron chi connectivity index (χ4n) is 6.81. The lowest BCUT2D eigenvalue weighted by Crippen LogP contribution is -2.56. The minimum absolute atomic E-state index is 0.108. The van der Waals surface area contributed by atoms with Crippen LogP contribution < -0.4 is 25.4 Å². The molecule has 2 aromatic carbocycles. The number of anilines is 2. The molecule has 2 aliphatic rings. The normalized spacial score (nSPS) is 17.4. The average molecular weight is 857 g/mol. The van der Waals surface area contributed by atoms with Gasteiger partial charge in [0, 0.05) is 94.4 Å². The SMILES string of the molecule is COc1cc(CC2CN(Cc3cnc(NC(C)=O)s3)CCN2)ccc1F.COc1cc(CC2CN(Cc3cnc(NC(C)=O)s3)CCN2C(=O)OC(C)(C)C)ccc1F. The number of nitrogens with zero attached hydrogens (tertiary/aromatic N) is 5. The van der Waals surface area contributed by atoms with Crippen molar-refractivity contribution in [3.05, 3.63) is 81.3 Å². The highest BCUT2D eigenvalue weighted by molar-refractivity contribution is 7.16. The van der Waals surface area contributed by atoms with E-state index in [-0.39, 0.29) is 41.3 Å². The van der Waals surface area contributed by atoms with E-state index in [9.17, 15) is 23.2 Å². The molecule has 4 aromatic rings. The predicted molar refractivity (Wildman–Crippen MR) is 225 cm³/mol. The van der Waals surface area contributed by atoms with Crippen LogP contribution in [0.5, 0.6) is 11.5 Å². The third-order valence-electron chi connectivity index (χ3n) is 9.35. The highest BCUT2D eigenvalue weighted by Gasteiger charge is 2.34. The van der Waals surface area contributed by atoms with E-state index in [1.54, 1.807) is 35.4 Å². The topological polar surface area (TPSA) is 150 Å². The Bertz CT molecular complexity index is 2040. The van der Waals surface area contributed by atoms with Crippen LogP contribution in [0.2, 0.25) is 0 Å². The van der Waals surface area contributed by atoms with E-state index < -0.39 is 11.4 Å². The summed E-state index contributed by atoms with van der Waals surface area (Å²) in [4.78, 5) is 52.3. The molecule has 2 unspecified atom stereocenters. The highest BCUT2D eigenvalue weighted by atomic mass is 32.1. The van der Waals surface area contributed by atoms with E-state index in [0.29, 0.717) is 48.9 Å². The van der Waals surface area contributed by atoms with Crippen molar-refractivity contribution in [1.29, 1.82) is 0 Å². The fraction of sp³-hybridized carbons (Fsp3) is 0.488. The standard InChI is InChI=1S/C23H31FN4O4S.C18H23FN4O2S/c1-15(29)26-21-25-12-18(33-21)14-27-8-9-28(22(30)32-23(2,3)4)17(13-27)10-16-6-7-19(24)20(11-16)31-5;1-12(24)22-18-21-9-15(26-18)11-23-6-5-20-14(10-23)7-13-3-4-16(19)17(8-13)25-2/h6-7,11-12,17H,8-10,13-14H2,1-5H3,(H,25,26,29);3-4,8-9,14,20H,5-7,10-11H2,1-2H3,(H,21,22,24). The number of thiazole rings is 2. The molecule has 4 heterocycles. The molecule has 320 valence electrons. The first-order chi connectivity index (χ1) is 28.1. The van der Waals surface area contributed by atoms with Gasteiger partial charge < -0.3 is 35.1 Å². The number of aromatic nitrogens is 2. The second-order valence-electron chi connectivity index (χ2n) is 15.4. The van der Waals surface area contributed by atoms with Gasteiger partial charge in [0.25, 0.3) is 0 Å². The van der Waals surface area contributed by atoms with Crippen LogP contribution in [0.4, 0.5) is 23.8 Å². The molecule has 2 atom stereocenters. The first kappa shape index (κ1) is 45.3. The number of carbonyl (C=O) groups is 3. The van der Waals surface area contributed by atoms with E-state index in [4.69, 9.17) is 14.2 Å². The molecule has 2 fully saturated rings. The van der Waals surface area contributed by atoms with Crippen LogP contribution in [0, 0.1) is 11.6 Å². The number of amides is 3.